The van der Waals surface area contributed by atoms with Gasteiger partial charge in [0.05, 0.1) is 5.70 Å². The van der Waals surface area contributed by atoms with Gasteiger partial charge in [0.2, 0.25) is 5.91 Å². The number of amides is 2. The van der Waals surface area contributed by atoms with Crippen LogP contribution in [0.5, 0.6) is 0 Å². The molecule has 2 fully saturated rings. The molecule has 0 bridgehead atoms. The van der Waals surface area contributed by atoms with Gasteiger partial charge in [-0.3, -0.25) is 14.4 Å². The van der Waals surface area contributed by atoms with Crippen molar-refractivity contribution in [3.63, 3.8) is 0 Å². The van der Waals surface area contributed by atoms with Crippen LogP contribution in [0.1, 0.15) is 0 Å². The predicted molar refractivity (Wildman–Crippen MR) is 113 cm³/mol. The van der Waals surface area contributed by atoms with Crippen molar-refractivity contribution in [2.45, 2.75) is 27.4 Å². The number of nitrogens with two attached hydrogens (primary N) is 1. The van der Waals surface area contributed by atoms with Gasteiger partial charge in [0.1, 0.15) is 27.8 Å². The Morgan fingerprint density at radius 2 is 2.33 bits per heavy atom. The lowest BCUT2D eigenvalue weighted by Crippen LogP contribution is -2.74. The quantitative estimate of drug-likeness (QED) is 0.231. The van der Waals surface area contributed by atoms with Crippen LogP contribution >= 0.6 is 46.6 Å². The van der Waals surface area contributed by atoms with E-state index in [4.69, 9.17) is 5.73 Å². The number of aliphatic hydroxyl groups is 1. The second-order valence-corrected chi connectivity index (χ2v) is 11.1. The second kappa shape index (κ2) is 8.55. The molecule has 5 atom stereocenters. The van der Waals surface area contributed by atoms with Gasteiger partial charge in [-0.1, -0.05) is 34.9 Å². The first-order valence-electron chi connectivity index (χ1n) is 8.71. The van der Waals surface area contributed by atoms with E-state index < -0.39 is 34.9 Å². The highest BCUT2D eigenvalue weighted by Gasteiger charge is 2.57. The fourth-order valence-electron chi connectivity index (χ4n) is 3.23. The number of carbonyl (C=O) groups is 3. The van der Waals surface area contributed by atoms with Gasteiger partial charge in [-0.25, -0.2) is 0 Å². The zero-order valence-corrected chi connectivity index (χ0v) is 18.5. The van der Waals surface area contributed by atoms with Crippen LogP contribution in [0.15, 0.2) is 21.0 Å². The van der Waals surface area contributed by atoms with Crippen molar-refractivity contribution in [1.29, 1.82) is 0 Å². The van der Waals surface area contributed by atoms with E-state index >= 15 is 0 Å². The fourth-order valence-corrected chi connectivity index (χ4v) is 7.27. The van der Waals surface area contributed by atoms with Crippen molar-refractivity contribution in [2.75, 3.05) is 18.1 Å². The molecule has 0 aromatic carbocycles. The van der Waals surface area contributed by atoms with Gasteiger partial charge in [-0.15, -0.1) is 22.0 Å². The summed E-state index contributed by atoms with van der Waals surface area (Å²) in [4.78, 5) is 38.4. The third kappa shape index (κ3) is 4.01. The Morgan fingerprint density at radius 1 is 1.53 bits per heavy atom. The van der Waals surface area contributed by atoms with Gasteiger partial charge in [-0.05, 0) is 5.41 Å². The second-order valence-electron chi connectivity index (χ2n) is 6.91. The SMILES string of the molecule is NC1NC(C(O)C(=O)NC2C(=O)N3CC(CSc4nncs4)(C(=O)O)CS[C@H]23)=CS1. The number of nitrogens with zero attached hydrogens (tertiary/aromatic N) is 3. The van der Waals surface area contributed by atoms with E-state index in [0.29, 0.717) is 4.34 Å². The van der Waals surface area contributed by atoms with Crippen LogP contribution in [0.2, 0.25) is 0 Å². The molecule has 0 aliphatic carbocycles. The molecule has 30 heavy (non-hydrogen) atoms. The lowest BCUT2D eigenvalue weighted by molar-refractivity contribution is -0.158. The van der Waals surface area contributed by atoms with Crippen LogP contribution in [0.4, 0.5) is 0 Å². The zero-order valence-electron chi connectivity index (χ0n) is 15.3. The summed E-state index contributed by atoms with van der Waals surface area (Å²) in [5.74, 6) is -1.50. The molecule has 6 N–H and O–H groups in total. The third-order valence-corrected chi connectivity index (χ3v) is 9.44. The van der Waals surface area contributed by atoms with Crippen LogP contribution in [0.3, 0.4) is 0 Å². The van der Waals surface area contributed by atoms with Crippen LogP contribution in [-0.2, 0) is 14.4 Å². The van der Waals surface area contributed by atoms with E-state index in [2.05, 4.69) is 20.8 Å². The normalized spacial score (nSPS) is 31.3. The summed E-state index contributed by atoms with van der Waals surface area (Å²) in [6.45, 7) is 0.0533. The van der Waals surface area contributed by atoms with E-state index in [-0.39, 0.29) is 35.0 Å². The van der Waals surface area contributed by atoms with Crippen molar-refractivity contribution >= 4 is 64.4 Å². The summed E-state index contributed by atoms with van der Waals surface area (Å²) in [5.41, 5.74) is 5.96. The molecule has 0 radical (unpaired) electrons. The average molecular weight is 491 g/mol. The maximum absolute atomic E-state index is 12.6. The molecule has 3 aliphatic rings. The zero-order chi connectivity index (χ0) is 21.5. The molecule has 4 unspecified atom stereocenters. The molecule has 1 aromatic heterocycles. The molecule has 162 valence electrons. The topological polar surface area (TPSA) is 171 Å². The molecule has 2 saturated heterocycles. The van der Waals surface area contributed by atoms with Gasteiger partial charge in [0.15, 0.2) is 10.4 Å². The van der Waals surface area contributed by atoms with Gasteiger partial charge < -0.3 is 31.5 Å². The Morgan fingerprint density at radius 3 is 2.97 bits per heavy atom. The van der Waals surface area contributed by atoms with E-state index in [1.165, 1.54) is 51.5 Å². The third-order valence-electron chi connectivity index (χ3n) is 4.90. The molecule has 0 saturated carbocycles. The van der Waals surface area contributed by atoms with Crippen molar-refractivity contribution in [3.05, 3.63) is 16.6 Å². The highest BCUT2D eigenvalue weighted by atomic mass is 32.2. The number of aromatic nitrogens is 2. The number of carboxylic acids is 1. The molecule has 15 heteroatoms. The lowest BCUT2D eigenvalue weighted by atomic mass is 9.89. The number of carbonyl (C=O) groups excluding carboxylic acids is 2. The average Bonchev–Trinajstić information content (AvgIpc) is 3.41. The maximum atomic E-state index is 12.6. The van der Waals surface area contributed by atoms with Crippen molar-refractivity contribution in [2.24, 2.45) is 11.1 Å². The number of nitrogens with one attached hydrogen (secondary N) is 2. The highest BCUT2D eigenvalue weighted by Crippen LogP contribution is 2.44. The summed E-state index contributed by atoms with van der Waals surface area (Å²) in [5, 5.41) is 34.2. The monoisotopic (exact) mass is 490 g/mol. The number of aliphatic hydroxyl groups excluding tert-OH is 1. The van der Waals surface area contributed by atoms with Gasteiger partial charge in [-0.2, -0.15) is 0 Å². The van der Waals surface area contributed by atoms with E-state index in [9.17, 15) is 24.6 Å². The van der Waals surface area contributed by atoms with Crippen LogP contribution < -0.4 is 16.4 Å². The number of thioether (sulfide) groups is 3. The van der Waals surface area contributed by atoms with E-state index in [0.717, 1.165) is 0 Å². The van der Waals surface area contributed by atoms with Crippen molar-refractivity contribution < 1.29 is 24.6 Å². The minimum atomic E-state index is -1.46. The summed E-state index contributed by atoms with van der Waals surface area (Å²) in [6.07, 6.45) is -1.46. The fraction of sp³-hybridized carbons (Fsp3) is 0.533. The van der Waals surface area contributed by atoms with Gasteiger partial charge >= 0.3 is 5.97 Å². The first-order chi connectivity index (χ1) is 14.3. The minimum absolute atomic E-state index is 0.0533. The number of hydrogen-bond acceptors (Lipinski definition) is 12. The van der Waals surface area contributed by atoms with Crippen molar-refractivity contribution in [1.82, 2.24) is 25.7 Å². The molecule has 11 nitrogen and oxygen atoms in total. The highest BCUT2D eigenvalue weighted by molar-refractivity contribution is 8.03. The van der Waals surface area contributed by atoms with Crippen LogP contribution in [0.25, 0.3) is 0 Å². The largest absolute Gasteiger partial charge is 0.481 e. The molecule has 3 aliphatic heterocycles. The Bertz CT molecular complexity index is 885. The molecule has 4 heterocycles. The molecular formula is C15H18N6O5S4. The predicted octanol–water partition coefficient (Wildman–Crippen LogP) is -1.12. The molecular weight excluding hydrogens is 472 g/mol. The van der Waals surface area contributed by atoms with Gasteiger partial charge in [0.25, 0.3) is 5.91 Å². The summed E-state index contributed by atoms with van der Waals surface area (Å²) < 4.78 is 0.671. The van der Waals surface area contributed by atoms with Crippen LogP contribution in [0, 0.1) is 5.41 Å². The number of carboxylic acid groups (broad SMARTS) is 1. The summed E-state index contributed by atoms with van der Waals surface area (Å²) >= 11 is 5.18. The Balaban J connectivity index is 1.37. The number of rotatable bonds is 7. The molecule has 4 rings (SSSR count). The Labute approximate surface area is 187 Å². The summed E-state index contributed by atoms with van der Waals surface area (Å²) in [6, 6.07) is -0.803. The smallest absolute Gasteiger partial charge is 0.313 e. The first-order valence-corrected chi connectivity index (χ1v) is 12.6. The number of hydrogen-bond donors (Lipinski definition) is 5. The van der Waals surface area contributed by atoms with E-state index in [1.807, 2.05) is 0 Å². The van der Waals surface area contributed by atoms with E-state index in [1.54, 1.807) is 10.9 Å². The maximum Gasteiger partial charge on any atom is 0.313 e. The minimum Gasteiger partial charge on any atom is -0.481 e. The van der Waals surface area contributed by atoms with Crippen LogP contribution in [-0.4, -0.2) is 84.2 Å². The number of β-lactam (4-membered cyclic amide) rings is 1. The Kier molecular flexibility index (Phi) is 6.18. The number of aliphatic carboxylic acids is 1. The first kappa shape index (κ1) is 21.7. The van der Waals surface area contributed by atoms with Gasteiger partial charge in [0, 0.05) is 18.1 Å². The standard InChI is InChI=1S/C15H18N6O5S4/c16-13-18-6(1-27-13)8(22)9(23)19-7-10(24)21-2-15(12(25)26,3-28-11(7)21)4-29-14-20-17-5-30-14/h1,5,7-8,11,13,18,22H,2-4,16H2,(H,19,23)(H,25,26)/t7?,8?,11-,13?,15?/m1/s1. The molecule has 2 amide bonds. The summed E-state index contributed by atoms with van der Waals surface area (Å²) in [7, 11) is 0. The lowest BCUT2D eigenvalue weighted by Gasteiger charge is -2.53. The molecule has 0 spiro atoms. The number of fused-ring (bicyclic) bond motifs is 1. The molecule has 1 aromatic rings. The Hall–Kier alpha value is -1.52. The van der Waals surface area contributed by atoms with Crippen molar-refractivity contribution in [3.8, 4) is 0 Å².